The Hall–Kier alpha value is -2.55. The predicted molar refractivity (Wildman–Crippen MR) is 73.6 cm³/mol. The molecule has 6 nitrogen and oxygen atoms in total. The third-order valence-electron chi connectivity index (χ3n) is 3.25. The van der Waals surface area contributed by atoms with Crippen LogP contribution in [0.3, 0.4) is 0 Å². The van der Waals surface area contributed by atoms with Crippen LogP contribution < -0.4 is 10.1 Å². The minimum absolute atomic E-state index is 0.250. The summed E-state index contributed by atoms with van der Waals surface area (Å²) in [4.78, 5) is 22.8. The summed E-state index contributed by atoms with van der Waals surface area (Å²) in [5.74, 6) is -0.620. The minimum atomic E-state index is -1.02. The van der Waals surface area contributed by atoms with E-state index in [4.69, 9.17) is 15.1 Å². The normalized spacial score (nSPS) is 14.8. The third kappa shape index (κ3) is 4.80. The van der Waals surface area contributed by atoms with Crippen LogP contribution in [-0.2, 0) is 9.59 Å². The number of nitrogens with one attached hydrogen (secondary N) is 1. The zero-order chi connectivity index (χ0) is 15.2. The molecule has 6 heteroatoms. The van der Waals surface area contributed by atoms with Gasteiger partial charge in [-0.3, -0.25) is 4.79 Å². The average Bonchev–Trinajstić information content (AvgIpc) is 3.29. The van der Waals surface area contributed by atoms with Crippen molar-refractivity contribution in [3.05, 3.63) is 29.8 Å². The first-order chi connectivity index (χ1) is 10.1. The first kappa shape index (κ1) is 14.9. The highest BCUT2D eigenvalue weighted by Crippen LogP contribution is 2.33. The molecule has 0 aliphatic heterocycles. The first-order valence-electron chi connectivity index (χ1n) is 6.73. The highest BCUT2D eigenvalue weighted by molar-refractivity contribution is 5.84. The van der Waals surface area contributed by atoms with E-state index in [2.05, 4.69) is 5.32 Å². The number of hydrogen-bond donors (Lipinski definition) is 2. The molecular formula is C15H16N2O4. The number of ether oxygens (including phenoxy) is 1. The number of nitrogens with zero attached hydrogens (tertiary/aromatic N) is 1. The van der Waals surface area contributed by atoms with Crippen molar-refractivity contribution in [2.45, 2.75) is 25.3 Å². The molecule has 1 aliphatic rings. The van der Waals surface area contributed by atoms with Gasteiger partial charge in [-0.15, -0.1) is 0 Å². The molecule has 0 bridgehead atoms. The van der Waals surface area contributed by atoms with E-state index in [0.29, 0.717) is 23.7 Å². The van der Waals surface area contributed by atoms with Crippen molar-refractivity contribution in [3.63, 3.8) is 0 Å². The largest absolute Gasteiger partial charge is 0.484 e. The van der Waals surface area contributed by atoms with Crippen LogP contribution in [0, 0.1) is 17.2 Å². The summed E-state index contributed by atoms with van der Waals surface area (Å²) in [6.45, 7) is -0.250. The standard InChI is InChI=1S/C15H16N2O4/c16-8-11-3-5-12(6-4-11)21-9-14(18)17-13(15(19)20)7-10-1-2-10/h3-6,10,13H,1-2,7,9H2,(H,17,18)(H,19,20). The lowest BCUT2D eigenvalue weighted by Gasteiger charge is -2.14. The van der Waals surface area contributed by atoms with Gasteiger partial charge in [-0.25, -0.2) is 4.79 Å². The van der Waals surface area contributed by atoms with E-state index in [1.54, 1.807) is 24.3 Å². The van der Waals surface area contributed by atoms with E-state index in [0.717, 1.165) is 12.8 Å². The molecule has 1 aromatic carbocycles. The topological polar surface area (TPSA) is 99.4 Å². The Labute approximate surface area is 122 Å². The lowest BCUT2D eigenvalue weighted by molar-refractivity contribution is -0.142. The fraction of sp³-hybridized carbons (Fsp3) is 0.400. The van der Waals surface area contributed by atoms with Gasteiger partial charge in [0.15, 0.2) is 6.61 Å². The highest BCUT2D eigenvalue weighted by atomic mass is 16.5. The molecule has 0 radical (unpaired) electrons. The molecule has 1 aromatic rings. The molecule has 1 atom stereocenters. The number of carbonyl (C=O) groups is 2. The van der Waals surface area contributed by atoms with Crippen molar-refractivity contribution in [3.8, 4) is 11.8 Å². The van der Waals surface area contributed by atoms with Crippen LogP contribution in [0.25, 0.3) is 0 Å². The maximum atomic E-state index is 11.7. The number of amides is 1. The highest BCUT2D eigenvalue weighted by Gasteiger charge is 2.30. The Morgan fingerprint density at radius 3 is 2.57 bits per heavy atom. The Morgan fingerprint density at radius 1 is 1.38 bits per heavy atom. The van der Waals surface area contributed by atoms with Gasteiger partial charge in [0.2, 0.25) is 0 Å². The Balaban J connectivity index is 1.79. The monoisotopic (exact) mass is 288 g/mol. The fourth-order valence-electron chi connectivity index (χ4n) is 1.92. The van der Waals surface area contributed by atoms with Crippen molar-refractivity contribution in [2.24, 2.45) is 5.92 Å². The molecule has 0 saturated heterocycles. The maximum Gasteiger partial charge on any atom is 0.326 e. The van der Waals surface area contributed by atoms with Gasteiger partial charge in [-0.05, 0) is 36.6 Å². The van der Waals surface area contributed by atoms with E-state index in [1.165, 1.54) is 0 Å². The van der Waals surface area contributed by atoms with E-state index in [-0.39, 0.29) is 6.61 Å². The molecule has 0 aromatic heterocycles. The van der Waals surface area contributed by atoms with Crippen LogP contribution in [-0.4, -0.2) is 29.6 Å². The van der Waals surface area contributed by atoms with Gasteiger partial charge in [-0.2, -0.15) is 5.26 Å². The summed E-state index contributed by atoms with van der Waals surface area (Å²) < 4.78 is 5.25. The second-order valence-corrected chi connectivity index (χ2v) is 5.06. The van der Waals surface area contributed by atoms with Gasteiger partial charge < -0.3 is 15.2 Å². The van der Waals surface area contributed by atoms with E-state index in [9.17, 15) is 9.59 Å². The van der Waals surface area contributed by atoms with Crippen molar-refractivity contribution < 1.29 is 19.4 Å². The molecule has 1 fully saturated rings. The summed E-state index contributed by atoms with van der Waals surface area (Å²) in [7, 11) is 0. The summed E-state index contributed by atoms with van der Waals surface area (Å²) in [5, 5.41) is 20.2. The van der Waals surface area contributed by atoms with E-state index in [1.807, 2.05) is 6.07 Å². The van der Waals surface area contributed by atoms with Crippen molar-refractivity contribution in [1.29, 1.82) is 5.26 Å². The molecule has 1 saturated carbocycles. The van der Waals surface area contributed by atoms with Crippen molar-refractivity contribution in [1.82, 2.24) is 5.32 Å². The lowest BCUT2D eigenvalue weighted by atomic mass is 10.1. The zero-order valence-corrected chi connectivity index (χ0v) is 11.4. The maximum absolute atomic E-state index is 11.7. The van der Waals surface area contributed by atoms with Crippen LogP contribution in [0.4, 0.5) is 0 Å². The molecular weight excluding hydrogens is 272 g/mol. The molecule has 1 aliphatic carbocycles. The van der Waals surface area contributed by atoms with E-state index >= 15 is 0 Å². The summed E-state index contributed by atoms with van der Waals surface area (Å²) >= 11 is 0. The van der Waals surface area contributed by atoms with Crippen molar-refractivity contribution >= 4 is 11.9 Å². The van der Waals surface area contributed by atoms with E-state index < -0.39 is 17.9 Å². The molecule has 1 amide bonds. The van der Waals surface area contributed by atoms with Crippen LogP contribution >= 0.6 is 0 Å². The summed E-state index contributed by atoms with van der Waals surface area (Å²) in [6, 6.07) is 7.47. The van der Waals surface area contributed by atoms with Gasteiger partial charge in [0.25, 0.3) is 5.91 Å². The number of carboxylic acid groups (broad SMARTS) is 1. The number of carboxylic acids is 1. The second-order valence-electron chi connectivity index (χ2n) is 5.06. The number of carbonyl (C=O) groups excluding carboxylic acids is 1. The first-order valence-corrected chi connectivity index (χ1v) is 6.73. The molecule has 2 rings (SSSR count). The molecule has 21 heavy (non-hydrogen) atoms. The fourth-order valence-corrected chi connectivity index (χ4v) is 1.92. The quantitative estimate of drug-likeness (QED) is 0.788. The van der Waals surface area contributed by atoms with Crippen molar-refractivity contribution in [2.75, 3.05) is 6.61 Å². The molecule has 0 spiro atoms. The van der Waals surface area contributed by atoms with Gasteiger partial charge in [0, 0.05) is 0 Å². The van der Waals surface area contributed by atoms with Gasteiger partial charge in [-0.1, -0.05) is 12.8 Å². The van der Waals surface area contributed by atoms with Gasteiger partial charge >= 0.3 is 5.97 Å². The number of rotatable bonds is 7. The Kier molecular flexibility index (Phi) is 4.77. The lowest BCUT2D eigenvalue weighted by Crippen LogP contribution is -2.43. The SMILES string of the molecule is N#Cc1ccc(OCC(=O)NC(CC2CC2)C(=O)O)cc1. The number of nitriles is 1. The van der Waals surface area contributed by atoms with Gasteiger partial charge in [0.1, 0.15) is 11.8 Å². The number of hydrogen-bond acceptors (Lipinski definition) is 4. The summed E-state index contributed by atoms with van der Waals surface area (Å²) in [6.07, 6.45) is 2.53. The predicted octanol–water partition coefficient (Wildman–Crippen LogP) is 1.31. The number of aliphatic carboxylic acids is 1. The summed E-state index contributed by atoms with van der Waals surface area (Å²) in [5.41, 5.74) is 0.502. The second kappa shape index (κ2) is 6.75. The van der Waals surface area contributed by atoms with Gasteiger partial charge in [0.05, 0.1) is 11.6 Å². The van der Waals surface area contributed by atoms with Crippen LogP contribution in [0.5, 0.6) is 5.75 Å². The molecule has 110 valence electrons. The Bertz CT molecular complexity index is 558. The number of benzene rings is 1. The van der Waals surface area contributed by atoms with Crippen LogP contribution in [0.1, 0.15) is 24.8 Å². The van der Waals surface area contributed by atoms with Crippen LogP contribution in [0.15, 0.2) is 24.3 Å². The molecule has 1 unspecified atom stereocenters. The van der Waals surface area contributed by atoms with Crippen LogP contribution in [0.2, 0.25) is 0 Å². The zero-order valence-electron chi connectivity index (χ0n) is 11.4. The molecule has 2 N–H and O–H groups in total. The Morgan fingerprint density at radius 2 is 2.05 bits per heavy atom. The smallest absolute Gasteiger partial charge is 0.326 e. The average molecular weight is 288 g/mol. The third-order valence-corrected chi connectivity index (χ3v) is 3.25. The molecule has 0 heterocycles. The minimum Gasteiger partial charge on any atom is -0.484 e.